The molecule has 1 aromatic carbocycles. The van der Waals surface area contributed by atoms with E-state index in [4.69, 9.17) is 14.1 Å². The van der Waals surface area contributed by atoms with Crippen LogP contribution in [-0.4, -0.2) is 17.6 Å². The molecule has 4 nitrogen and oxygen atoms in total. The second-order valence-electron chi connectivity index (χ2n) is 8.12. The van der Waals surface area contributed by atoms with E-state index in [-0.39, 0.29) is 5.97 Å². The number of para-hydroxylation sites is 1. The number of carbonyl (C=O) groups excluding carboxylic acids is 1. The number of hydrogen-bond donors (Lipinski definition) is 0. The van der Waals surface area contributed by atoms with Gasteiger partial charge in [-0.3, -0.25) is 0 Å². The number of nitrogens with zero attached hydrogens (tertiary/aromatic N) is 1. The van der Waals surface area contributed by atoms with Crippen LogP contribution in [0.4, 0.5) is 0 Å². The number of benzene rings is 1. The van der Waals surface area contributed by atoms with Crippen LogP contribution in [-0.2, 0) is 11.2 Å². The fourth-order valence-corrected chi connectivity index (χ4v) is 4.68. The maximum absolute atomic E-state index is 13.2. The van der Waals surface area contributed by atoms with Crippen molar-refractivity contribution in [1.82, 2.24) is 4.98 Å². The number of ether oxygens (including phenoxy) is 1. The van der Waals surface area contributed by atoms with E-state index in [0.29, 0.717) is 18.1 Å². The molecule has 148 valence electrons. The minimum Gasteiger partial charge on any atom is -0.465 e. The summed E-state index contributed by atoms with van der Waals surface area (Å²) in [4.78, 5) is 18.1. The highest BCUT2D eigenvalue weighted by molar-refractivity contribution is 6.07. The van der Waals surface area contributed by atoms with Crippen molar-refractivity contribution in [2.24, 2.45) is 5.92 Å². The van der Waals surface area contributed by atoms with Crippen LogP contribution >= 0.6 is 0 Å². The van der Waals surface area contributed by atoms with Gasteiger partial charge >= 0.3 is 5.97 Å². The van der Waals surface area contributed by atoms with Crippen LogP contribution in [0, 0.1) is 5.92 Å². The summed E-state index contributed by atoms with van der Waals surface area (Å²) < 4.78 is 11.3. The van der Waals surface area contributed by atoms with Gasteiger partial charge in [0.2, 0.25) is 0 Å². The van der Waals surface area contributed by atoms with Crippen molar-refractivity contribution in [2.45, 2.75) is 44.9 Å². The highest BCUT2D eigenvalue weighted by Crippen LogP contribution is 2.38. The fourth-order valence-electron chi connectivity index (χ4n) is 4.68. The van der Waals surface area contributed by atoms with E-state index in [1.165, 1.54) is 32.1 Å². The lowest BCUT2D eigenvalue weighted by Crippen LogP contribution is -2.18. The van der Waals surface area contributed by atoms with Crippen LogP contribution in [0.15, 0.2) is 47.1 Å². The minimum absolute atomic E-state index is 0.204. The van der Waals surface area contributed by atoms with Crippen molar-refractivity contribution in [3.8, 4) is 0 Å². The topological polar surface area (TPSA) is 52.3 Å². The summed E-state index contributed by atoms with van der Waals surface area (Å²) in [5, 5.41) is 0.888. The van der Waals surface area contributed by atoms with Crippen LogP contribution in [0.2, 0.25) is 0 Å². The Labute approximate surface area is 170 Å². The van der Waals surface area contributed by atoms with Gasteiger partial charge in [-0.2, -0.15) is 0 Å². The van der Waals surface area contributed by atoms with Crippen LogP contribution < -0.4 is 0 Å². The molecule has 0 atom stereocenters. The quantitative estimate of drug-likeness (QED) is 0.511. The largest absolute Gasteiger partial charge is 0.465 e. The molecule has 2 heterocycles. The molecule has 0 bridgehead atoms. The molecule has 4 heteroatoms. The summed E-state index contributed by atoms with van der Waals surface area (Å²) >= 11 is 0. The zero-order valence-electron chi connectivity index (χ0n) is 16.5. The molecule has 0 spiro atoms. The Kier molecular flexibility index (Phi) is 4.92. The van der Waals surface area contributed by atoms with Gasteiger partial charge in [-0.15, -0.1) is 0 Å². The maximum Gasteiger partial charge on any atom is 0.339 e. The van der Waals surface area contributed by atoms with Crippen molar-refractivity contribution >= 4 is 28.5 Å². The van der Waals surface area contributed by atoms with E-state index in [9.17, 15) is 4.79 Å². The van der Waals surface area contributed by atoms with Crippen molar-refractivity contribution in [2.75, 3.05) is 6.61 Å². The van der Waals surface area contributed by atoms with Gasteiger partial charge in [0.1, 0.15) is 5.76 Å². The first-order valence-corrected chi connectivity index (χ1v) is 10.6. The Morgan fingerprint density at radius 2 is 1.97 bits per heavy atom. The van der Waals surface area contributed by atoms with Crippen LogP contribution in [0.25, 0.3) is 22.6 Å². The molecular weight excluding hydrogens is 362 g/mol. The smallest absolute Gasteiger partial charge is 0.339 e. The predicted molar refractivity (Wildman–Crippen MR) is 114 cm³/mol. The van der Waals surface area contributed by atoms with E-state index < -0.39 is 0 Å². The second kappa shape index (κ2) is 7.86. The summed E-state index contributed by atoms with van der Waals surface area (Å²) in [6.45, 7) is 0.527. The highest BCUT2D eigenvalue weighted by atomic mass is 16.5. The number of furan rings is 1. The summed E-state index contributed by atoms with van der Waals surface area (Å²) in [6.07, 6.45) is 11.5. The maximum atomic E-state index is 13.2. The van der Waals surface area contributed by atoms with E-state index in [1.54, 1.807) is 6.26 Å². The van der Waals surface area contributed by atoms with Gasteiger partial charge in [-0.25, -0.2) is 9.78 Å². The lowest BCUT2D eigenvalue weighted by atomic mass is 9.90. The number of hydrogen-bond acceptors (Lipinski definition) is 4. The standard InChI is InChI=1S/C25H25NO3/c27-25(29-16-17-7-2-1-3-8-17)23-20-10-4-5-11-22(20)26-24-18(12-13-21(23)24)15-19-9-6-14-28-19/h4-6,9-11,14-15,17H,1-3,7-8,12-13,16H2/b18-15+. The van der Waals surface area contributed by atoms with E-state index >= 15 is 0 Å². The van der Waals surface area contributed by atoms with Crippen molar-refractivity contribution < 1.29 is 13.9 Å². The molecule has 0 aliphatic heterocycles. The van der Waals surface area contributed by atoms with Gasteiger partial charge < -0.3 is 9.15 Å². The first-order valence-electron chi connectivity index (χ1n) is 10.6. The molecule has 0 N–H and O–H groups in total. The van der Waals surface area contributed by atoms with Gasteiger partial charge in [0.25, 0.3) is 0 Å². The first-order chi connectivity index (χ1) is 14.3. The molecule has 3 aromatic rings. The summed E-state index contributed by atoms with van der Waals surface area (Å²) in [6, 6.07) is 11.7. The van der Waals surface area contributed by atoms with E-state index in [1.807, 2.05) is 42.5 Å². The van der Waals surface area contributed by atoms with Gasteiger partial charge in [-0.05, 0) is 67.0 Å². The Morgan fingerprint density at radius 3 is 2.79 bits per heavy atom. The number of pyridine rings is 1. The van der Waals surface area contributed by atoms with Crippen LogP contribution in [0.1, 0.15) is 65.9 Å². The third kappa shape index (κ3) is 3.59. The molecule has 1 saturated carbocycles. The number of aromatic nitrogens is 1. The van der Waals surface area contributed by atoms with Crippen molar-refractivity contribution in [1.29, 1.82) is 0 Å². The number of rotatable bonds is 4. The fraction of sp³-hybridized carbons (Fsp3) is 0.360. The number of esters is 1. The molecule has 0 saturated heterocycles. The van der Waals surface area contributed by atoms with E-state index in [0.717, 1.165) is 46.3 Å². The minimum atomic E-state index is -0.204. The van der Waals surface area contributed by atoms with Gasteiger partial charge in [-0.1, -0.05) is 37.5 Å². The van der Waals surface area contributed by atoms with Gasteiger partial charge in [0.05, 0.1) is 29.6 Å². The van der Waals surface area contributed by atoms with Crippen LogP contribution in [0.3, 0.4) is 0 Å². The number of fused-ring (bicyclic) bond motifs is 2. The molecule has 2 aromatic heterocycles. The molecule has 1 fully saturated rings. The first kappa shape index (κ1) is 18.2. The average Bonchev–Trinajstić information content (AvgIpc) is 3.42. The summed E-state index contributed by atoms with van der Waals surface area (Å²) in [7, 11) is 0. The molecule has 0 unspecified atom stereocenters. The average molecular weight is 387 g/mol. The van der Waals surface area contributed by atoms with Gasteiger partial charge in [0, 0.05) is 5.39 Å². The molecule has 2 aliphatic rings. The monoisotopic (exact) mass is 387 g/mol. The normalized spacial score (nSPS) is 18.3. The highest BCUT2D eigenvalue weighted by Gasteiger charge is 2.28. The summed E-state index contributed by atoms with van der Waals surface area (Å²) in [5.74, 6) is 1.11. The zero-order chi connectivity index (χ0) is 19.6. The molecule has 0 radical (unpaired) electrons. The Bertz CT molecular complexity index is 1060. The Balaban J connectivity index is 1.51. The number of carbonyl (C=O) groups is 1. The molecule has 5 rings (SSSR count). The van der Waals surface area contributed by atoms with Crippen LogP contribution in [0.5, 0.6) is 0 Å². The Morgan fingerprint density at radius 1 is 1.10 bits per heavy atom. The predicted octanol–water partition coefficient (Wildman–Crippen LogP) is 6.05. The lowest BCUT2D eigenvalue weighted by molar-refractivity contribution is 0.0411. The molecule has 0 amide bonds. The van der Waals surface area contributed by atoms with Crippen molar-refractivity contribution in [3.63, 3.8) is 0 Å². The SMILES string of the molecule is O=C(OCC1CCCCC1)c1c2c(nc3ccccc13)/C(=C/c1ccco1)CC2. The molecule has 29 heavy (non-hydrogen) atoms. The number of allylic oxidation sites excluding steroid dienone is 1. The molecule has 2 aliphatic carbocycles. The lowest BCUT2D eigenvalue weighted by Gasteiger charge is -2.21. The van der Waals surface area contributed by atoms with E-state index in [2.05, 4.69) is 0 Å². The second-order valence-corrected chi connectivity index (χ2v) is 8.12. The van der Waals surface area contributed by atoms with Gasteiger partial charge in [0.15, 0.2) is 0 Å². The summed E-state index contributed by atoms with van der Waals surface area (Å²) in [5.41, 5.74) is 4.56. The third-order valence-corrected chi connectivity index (χ3v) is 6.18. The molecular formula is C25H25NO3. The third-order valence-electron chi connectivity index (χ3n) is 6.18. The van der Waals surface area contributed by atoms with Crippen molar-refractivity contribution in [3.05, 3.63) is 65.2 Å². The zero-order valence-corrected chi connectivity index (χ0v) is 16.5. The Hall–Kier alpha value is -2.88.